The molecule has 0 radical (unpaired) electrons. The first-order valence-corrected chi connectivity index (χ1v) is 12.2. The molecule has 0 N–H and O–H groups in total. The van der Waals surface area contributed by atoms with Gasteiger partial charge in [-0.1, -0.05) is 58.3 Å². The molecule has 1 aromatic carbocycles. The van der Waals surface area contributed by atoms with E-state index in [0.29, 0.717) is 11.5 Å². The first-order chi connectivity index (χ1) is 14.0. The van der Waals surface area contributed by atoms with Crippen LogP contribution < -0.4 is 0 Å². The minimum absolute atomic E-state index is 0.186. The third-order valence-corrected chi connectivity index (χ3v) is 8.73. The van der Waals surface area contributed by atoms with E-state index in [0.717, 1.165) is 42.9 Å². The molecule has 0 spiro atoms. The van der Waals surface area contributed by atoms with E-state index in [2.05, 4.69) is 6.92 Å². The highest BCUT2D eigenvalue weighted by Crippen LogP contribution is 2.49. The van der Waals surface area contributed by atoms with Crippen LogP contribution in [0.2, 0.25) is 0 Å². The molecule has 0 amide bonds. The van der Waals surface area contributed by atoms with E-state index in [-0.39, 0.29) is 5.92 Å². The molecular formula is C26H37F3. The Morgan fingerprint density at radius 3 is 1.93 bits per heavy atom. The molecule has 0 nitrogen and oxygen atoms in total. The number of halogens is 3. The Kier molecular flexibility index (Phi) is 6.91. The van der Waals surface area contributed by atoms with Crippen LogP contribution in [-0.2, 0) is 0 Å². The van der Waals surface area contributed by atoms with E-state index in [4.69, 9.17) is 0 Å². The van der Waals surface area contributed by atoms with Crippen molar-refractivity contribution in [3.8, 4) is 0 Å². The highest BCUT2D eigenvalue weighted by Gasteiger charge is 2.36. The summed E-state index contributed by atoms with van der Waals surface area (Å²) >= 11 is 0. The van der Waals surface area contributed by atoms with E-state index >= 15 is 0 Å². The molecular weight excluding hydrogens is 369 g/mol. The highest BCUT2D eigenvalue weighted by atomic mass is 19.2. The normalized spacial score (nSPS) is 35.3. The Balaban J connectivity index is 1.25. The highest BCUT2D eigenvalue weighted by molar-refractivity contribution is 5.24. The average Bonchev–Trinajstić information content (AvgIpc) is 2.75. The SMILES string of the molecule is CCC1CCC(CCC2CCC3CC(c4cc(F)c(F)c(F)c4)CCC3C2)CC1. The van der Waals surface area contributed by atoms with Gasteiger partial charge in [0, 0.05) is 0 Å². The largest absolute Gasteiger partial charge is 0.204 e. The van der Waals surface area contributed by atoms with Gasteiger partial charge in [-0.2, -0.15) is 0 Å². The van der Waals surface area contributed by atoms with Crippen LogP contribution in [0.5, 0.6) is 0 Å². The summed E-state index contributed by atoms with van der Waals surface area (Å²) in [4.78, 5) is 0. The number of fused-ring (bicyclic) bond motifs is 1. The first kappa shape index (κ1) is 21.2. The predicted molar refractivity (Wildman–Crippen MR) is 112 cm³/mol. The molecule has 0 heterocycles. The lowest BCUT2D eigenvalue weighted by Gasteiger charge is -2.42. The molecule has 4 unspecified atom stereocenters. The maximum Gasteiger partial charge on any atom is 0.194 e. The molecule has 0 saturated heterocycles. The smallest absolute Gasteiger partial charge is 0.194 e. The van der Waals surface area contributed by atoms with Gasteiger partial charge < -0.3 is 0 Å². The summed E-state index contributed by atoms with van der Waals surface area (Å²) in [5.41, 5.74) is 0.657. The summed E-state index contributed by atoms with van der Waals surface area (Å²) in [6, 6.07) is 2.45. The Labute approximate surface area is 174 Å². The van der Waals surface area contributed by atoms with Crippen LogP contribution in [0.1, 0.15) is 102 Å². The van der Waals surface area contributed by atoms with Crippen molar-refractivity contribution in [1.82, 2.24) is 0 Å². The van der Waals surface area contributed by atoms with Gasteiger partial charge in [-0.15, -0.1) is 0 Å². The van der Waals surface area contributed by atoms with Crippen molar-refractivity contribution >= 4 is 0 Å². The van der Waals surface area contributed by atoms with Gasteiger partial charge in [-0.3, -0.25) is 0 Å². The van der Waals surface area contributed by atoms with Crippen LogP contribution in [0.25, 0.3) is 0 Å². The topological polar surface area (TPSA) is 0 Å². The molecule has 4 atom stereocenters. The molecule has 3 saturated carbocycles. The maximum absolute atomic E-state index is 13.6. The Morgan fingerprint density at radius 1 is 0.690 bits per heavy atom. The zero-order valence-corrected chi connectivity index (χ0v) is 17.9. The Bertz CT molecular complexity index is 654. The van der Waals surface area contributed by atoms with Crippen molar-refractivity contribution < 1.29 is 13.2 Å². The zero-order chi connectivity index (χ0) is 20.4. The van der Waals surface area contributed by atoms with Crippen molar-refractivity contribution in [2.24, 2.45) is 29.6 Å². The van der Waals surface area contributed by atoms with Crippen LogP contribution in [0.4, 0.5) is 13.2 Å². The van der Waals surface area contributed by atoms with E-state index < -0.39 is 17.5 Å². The Hall–Kier alpha value is -0.990. The van der Waals surface area contributed by atoms with E-state index in [1.54, 1.807) is 0 Å². The maximum atomic E-state index is 13.6. The van der Waals surface area contributed by atoms with E-state index in [9.17, 15) is 13.2 Å². The van der Waals surface area contributed by atoms with E-state index in [1.165, 1.54) is 76.3 Å². The monoisotopic (exact) mass is 406 g/mol. The fourth-order valence-electron chi connectivity index (χ4n) is 6.76. The molecule has 0 aliphatic heterocycles. The quantitative estimate of drug-likeness (QED) is 0.431. The minimum atomic E-state index is -1.34. The van der Waals surface area contributed by atoms with Crippen molar-refractivity contribution in [3.63, 3.8) is 0 Å². The third kappa shape index (κ3) is 5.02. The number of benzene rings is 1. The molecule has 3 fully saturated rings. The molecule has 162 valence electrons. The fraction of sp³-hybridized carbons (Fsp3) is 0.769. The number of rotatable bonds is 5. The van der Waals surface area contributed by atoms with Gasteiger partial charge >= 0.3 is 0 Å². The first-order valence-electron chi connectivity index (χ1n) is 12.2. The van der Waals surface area contributed by atoms with Crippen molar-refractivity contribution in [1.29, 1.82) is 0 Å². The molecule has 1 aromatic rings. The second-order valence-corrected chi connectivity index (χ2v) is 10.4. The Morgan fingerprint density at radius 2 is 1.24 bits per heavy atom. The molecule has 0 bridgehead atoms. The van der Waals surface area contributed by atoms with E-state index in [1.807, 2.05) is 0 Å². The summed E-state index contributed by atoms with van der Waals surface area (Å²) < 4.78 is 40.6. The standard InChI is InChI=1S/C26H37F3/c1-2-17-3-5-18(6-4-17)7-8-19-9-10-21-14-22(12-11-20(21)13-19)23-15-24(27)26(29)25(28)16-23/h15-22H,2-14H2,1H3. The van der Waals surface area contributed by atoms with Crippen LogP contribution in [0, 0.1) is 47.0 Å². The van der Waals surface area contributed by atoms with Gasteiger partial charge in [0.15, 0.2) is 17.5 Å². The molecule has 3 aliphatic rings. The van der Waals surface area contributed by atoms with Crippen molar-refractivity contribution in [2.45, 2.75) is 96.3 Å². The van der Waals surface area contributed by atoms with Crippen LogP contribution >= 0.6 is 0 Å². The summed E-state index contributed by atoms with van der Waals surface area (Å²) in [7, 11) is 0. The second-order valence-electron chi connectivity index (χ2n) is 10.4. The molecule has 29 heavy (non-hydrogen) atoms. The minimum Gasteiger partial charge on any atom is -0.204 e. The zero-order valence-electron chi connectivity index (χ0n) is 17.9. The lowest BCUT2D eigenvalue weighted by molar-refractivity contribution is 0.108. The lowest BCUT2D eigenvalue weighted by Crippen LogP contribution is -2.30. The molecule has 3 aliphatic carbocycles. The summed E-state index contributed by atoms with van der Waals surface area (Å²) in [5, 5.41) is 0. The van der Waals surface area contributed by atoms with Crippen LogP contribution in [0.3, 0.4) is 0 Å². The van der Waals surface area contributed by atoms with Crippen LogP contribution in [-0.4, -0.2) is 0 Å². The molecule has 4 rings (SSSR count). The van der Waals surface area contributed by atoms with Crippen molar-refractivity contribution in [2.75, 3.05) is 0 Å². The van der Waals surface area contributed by atoms with Crippen molar-refractivity contribution in [3.05, 3.63) is 35.1 Å². The van der Waals surface area contributed by atoms with Gasteiger partial charge in [0.1, 0.15) is 0 Å². The number of hydrogen-bond acceptors (Lipinski definition) is 0. The van der Waals surface area contributed by atoms with Gasteiger partial charge in [0.2, 0.25) is 0 Å². The number of hydrogen-bond donors (Lipinski definition) is 0. The molecule has 3 heteroatoms. The van der Waals surface area contributed by atoms with Crippen LogP contribution in [0.15, 0.2) is 12.1 Å². The summed E-state index contributed by atoms with van der Waals surface area (Å²) in [6.07, 6.45) is 17.1. The predicted octanol–water partition coefficient (Wildman–Crippen LogP) is 8.40. The third-order valence-electron chi connectivity index (χ3n) is 8.73. The lowest BCUT2D eigenvalue weighted by atomic mass is 9.63. The van der Waals surface area contributed by atoms with Gasteiger partial charge in [0.05, 0.1) is 0 Å². The molecule has 0 aromatic heterocycles. The summed E-state index contributed by atoms with van der Waals surface area (Å²) in [6.45, 7) is 2.33. The summed E-state index contributed by atoms with van der Waals surface area (Å²) in [5.74, 6) is 1.07. The average molecular weight is 407 g/mol. The second kappa shape index (κ2) is 9.43. The fourth-order valence-corrected chi connectivity index (χ4v) is 6.76. The van der Waals surface area contributed by atoms with Gasteiger partial charge in [-0.05, 0) is 85.3 Å². The van der Waals surface area contributed by atoms with Gasteiger partial charge in [-0.25, -0.2) is 13.2 Å². The van der Waals surface area contributed by atoms with Gasteiger partial charge in [0.25, 0.3) is 0 Å².